The van der Waals surface area contributed by atoms with E-state index in [0.29, 0.717) is 5.82 Å². The van der Waals surface area contributed by atoms with Crippen molar-refractivity contribution in [2.75, 3.05) is 19.5 Å². The zero-order valence-electron chi connectivity index (χ0n) is 7.28. The summed E-state index contributed by atoms with van der Waals surface area (Å²) in [4.78, 5) is 10.2. The van der Waals surface area contributed by atoms with Crippen LogP contribution in [0.25, 0.3) is 0 Å². The van der Waals surface area contributed by atoms with Gasteiger partial charge in [-0.25, -0.2) is 15.8 Å². The van der Waals surface area contributed by atoms with Gasteiger partial charge in [0, 0.05) is 12.3 Å². The van der Waals surface area contributed by atoms with E-state index in [-0.39, 0.29) is 0 Å². The first kappa shape index (κ1) is 8.89. The first-order chi connectivity index (χ1) is 5.72. The number of aromatic nitrogens is 2. The van der Waals surface area contributed by atoms with Crippen LogP contribution in [-0.4, -0.2) is 29.0 Å². The van der Waals surface area contributed by atoms with Gasteiger partial charge < -0.3 is 10.3 Å². The van der Waals surface area contributed by atoms with Gasteiger partial charge in [0.25, 0.3) is 0 Å². The summed E-state index contributed by atoms with van der Waals surface area (Å²) >= 11 is 0. The molecule has 0 amide bonds. The monoisotopic (exact) mass is 167 g/mol. The zero-order chi connectivity index (χ0) is 8.97. The quantitative estimate of drug-likeness (QED) is 0.483. The van der Waals surface area contributed by atoms with E-state index in [1.54, 1.807) is 12.3 Å². The summed E-state index contributed by atoms with van der Waals surface area (Å²) in [7, 11) is 3.93. The van der Waals surface area contributed by atoms with Crippen LogP contribution in [0, 0.1) is 0 Å². The molecule has 0 aliphatic carbocycles. The highest BCUT2D eigenvalue weighted by molar-refractivity contribution is 5.30. The number of nitrogens with two attached hydrogens (primary N) is 1. The van der Waals surface area contributed by atoms with Gasteiger partial charge >= 0.3 is 0 Å². The van der Waals surface area contributed by atoms with Crippen LogP contribution in [0.2, 0.25) is 0 Å². The minimum atomic E-state index is 0.641. The molecule has 0 fully saturated rings. The van der Waals surface area contributed by atoms with E-state index < -0.39 is 0 Å². The Morgan fingerprint density at radius 3 is 2.92 bits per heavy atom. The molecule has 5 nitrogen and oxygen atoms in total. The second-order valence-electron chi connectivity index (χ2n) is 2.74. The molecular weight excluding hydrogens is 154 g/mol. The topological polar surface area (TPSA) is 67.1 Å². The van der Waals surface area contributed by atoms with Crippen molar-refractivity contribution in [3.8, 4) is 0 Å². The van der Waals surface area contributed by atoms with Gasteiger partial charge in [-0.2, -0.15) is 0 Å². The van der Waals surface area contributed by atoms with Crippen LogP contribution >= 0.6 is 0 Å². The second-order valence-corrected chi connectivity index (χ2v) is 2.74. The van der Waals surface area contributed by atoms with E-state index in [1.165, 1.54) is 0 Å². The summed E-state index contributed by atoms with van der Waals surface area (Å²) in [5.41, 5.74) is 2.47. The molecule has 0 saturated heterocycles. The van der Waals surface area contributed by atoms with Crippen LogP contribution in [0.4, 0.5) is 5.82 Å². The van der Waals surface area contributed by atoms with E-state index >= 15 is 0 Å². The molecule has 1 aromatic rings. The fourth-order valence-corrected chi connectivity index (χ4v) is 0.838. The van der Waals surface area contributed by atoms with Crippen molar-refractivity contribution in [2.24, 2.45) is 5.84 Å². The first-order valence-corrected chi connectivity index (χ1v) is 3.65. The predicted molar refractivity (Wildman–Crippen MR) is 47.2 cm³/mol. The van der Waals surface area contributed by atoms with Crippen LogP contribution in [0.3, 0.4) is 0 Å². The van der Waals surface area contributed by atoms with Gasteiger partial charge in [-0.05, 0) is 14.1 Å². The summed E-state index contributed by atoms with van der Waals surface area (Å²) in [6, 6.07) is 1.72. The SMILES string of the molecule is CN(C)Cc1nccc(NN)n1. The molecule has 0 radical (unpaired) electrons. The van der Waals surface area contributed by atoms with Crippen molar-refractivity contribution >= 4 is 5.82 Å². The number of hydrogen-bond acceptors (Lipinski definition) is 5. The van der Waals surface area contributed by atoms with Crippen LogP contribution in [0.5, 0.6) is 0 Å². The van der Waals surface area contributed by atoms with E-state index in [0.717, 1.165) is 12.4 Å². The molecule has 0 unspecified atom stereocenters. The van der Waals surface area contributed by atoms with Crippen LogP contribution in [0.1, 0.15) is 5.82 Å². The maximum atomic E-state index is 5.20. The largest absolute Gasteiger partial charge is 0.308 e. The summed E-state index contributed by atoms with van der Waals surface area (Å²) in [6.07, 6.45) is 1.68. The minimum Gasteiger partial charge on any atom is -0.308 e. The average molecular weight is 167 g/mol. The van der Waals surface area contributed by atoms with Crippen LogP contribution < -0.4 is 11.3 Å². The molecule has 0 aromatic carbocycles. The number of nitrogen functional groups attached to an aromatic ring is 1. The minimum absolute atomic E-state index is 0.641. The van der Waals surface area contributed by atoms with Crippen molar-refractivity contribution in [3.63, 3.8) is 0 Å². The van der Waals surface area contributed by atoms with Crippen molar-refractivity contribution in [3.05, 3.63) is 18.1 Å². The summed E-state index contributed by atoms with van der Waals surface area (Å²) in [5.74, 6) is 6.60. The standard InChI is InChI=1S/C7H13N5/c1-12(2)5-7-9-4-3-6(10-7)11-8/h3-4H,5,8H2,1-2H3,(H,9,10,11). The van der Waals surface area contributed by atoms with Gasteiger partial charge in [-0.15, -0.1) is 0 Å². The Bertz CT molecular complexity index is 247. The maximum absolute atomic E-state index is 5.20. The smallest absolute Gasteiger partial charge is 0.144 e. The van der Waals surface area contributed by atoms with Crippen LogP contribution in [-0.2, 0) is 6.54 Å². The Morgan fingerprint density at radius 1 is 1.58 bits per heavy atom. The number of hydrogen-bond donors (Lipinski definition) is 2. The lowest BCUT2D eigenvalue weighted by Gasteiger charge is -2.08. The summed E-state index contributed by atoms with van der Waals surface area (Å²) in [6.45, 7) is 0.718. The molecule has 1 aromatic heterocycles. The second kappa shape index (κ2) is 3.99. The Hall–Kier alpha value is -1.20. The fourth-order valence-electron chi connectivity index (χ4n) is 0.838. The molecule has 0 aliphatic rings. The fraction of sp³-hybridized carbons (Fsp3) is 0.429. The lowest BCUT2D eigenvalue weighted by atomic mass is 10.5. The molecule has 1 heterocycles. The lowest BCUT2D eigenvalue weighted by molar-refractivity contribution is 0.390. The van der Waals surface area contributed by atoms with Crippen molar-refractivity contribution in [2.45, 2.75) is 6.54 Å². The van der Waals surface area contributed by atoms with Gasteiger partial charge in [0.2, 0.25) is 0 Å². The third kappa shape index (κ3) is 2.44. The molecule has 0 atom stereocenters. The van der Waals surface area contributed by atoms with E-state index in [1.807, 2.05) is 19.0 Å². The average Bonchev–Trinajstić information content (AvgIpc) is 2.03. The molecule has 3 N–H and O–H groups in total. The number of rotatable bonds is 3. The lowest BCUT2D eigenvalue weighted by Crippen LogP contribution is -2.15. The normalized spacial score (nSPS) is 10.3. The van der Waals surface area contributed by atoms with Gasteiger partial charge in [0.15, 0.2) is 0 Å². The molecule has 66 valence electrons. The highest BCUT2D eigenvalue weighted by Crippen LogP contribution is 2.00. The number of nitrogens with zero attached hydrogens (tertiary/aromatic N) is 3. The third-order valence-electron chi connectivity index (χ3n) is 1.31. The van der Waals surface area contributed by atoms with Gasteiger partial charge in [0.1, 0.15) is 11.6 Å². The molecule has 0 spiro atoms. The van der Waals surface area contributed by atoms with Crippen molar-refractivity contribution in [1.29, 1.82) is 0 Å². The molecule has 0 aliphatic heterocycles. The molecule has 5 heteroatoms. The summed E-state index contributed by atoms with van der Waals surface area (Å²) in [5, 5.41) is 0. The Kier molecular flexibility index (Phi) is 2.95. The van der Waals surface area contributed by atoms with E-state index in [2.05, 4.69) is 15.4 Å². The zero-order valence-corrected chi connectivity index (χ0v) is 7.28. The first-order valence-electron chi connectivity index (χ1n) is 3.65. The van der Waals surface area contributed by atoms with Gasteiger partial charge in [-0.3, -0.25) is 0 Å². The van der Waals surface area contributed by atoms with Gasteiger partial charge in [0.05, 0.1) is 6.54 Å². The molecule has 12 heavy (non-hydrogen) atoms. The molecule has 1 rings (SSSR count). The number of hydrazine groups is 1. The summed E-state index contributed by atoms with van der Waals surface area (Å²) < 4.78 is 0. The van der Waals surface area contributed by atoms with Gasteiger partial charge in [-0.1, -0.05) is 0 Å². The van der Waals surface area contributed by atoms with Crippen molar-refractivity contribution < 1.29 is 0 Å². The number of nitrogens with one attached hydrogen (secondary N) is 1. The maximum Gasteiger partial charge on any atom is 0.144 e. The highest BCUT2D eigenvalue weighted by Gasteiger charge is 1.98. The highest BCUT2D eigenvalue weighted by atomic mass is 15.3. The number of anilines is 1. The molecule has 0 bridgehead atoms. The molecular formula is C7H13N5. The Balaban J connectivity index is 2.72. The molecule has 0 saturated carbocycles. The predicted octanol–water partition coefficient (Wildman–Crippen LogP) is -0.176. The van der Waals surface area contributed by atoms with Crippen LogP contribution in [0.15, 0.2) is 12.3 Å². The van der Waals surface area contributed by atoms with E-state index in [4.69, 9.17) is 5.84 Å². The Labute approximate surface area is 71.6 Å². The van der Waals surface area contributed by atoms with Crippen molar-refractivity contribution in [1.82, 2.24) is 14.9 Å². The van der Waals surface area contributed by atoms with E-state index in [9.17, 15) is 0 Å². The Morgan fingerprint density at radius 2 is 2.33 bits per heavy atom. The third-order valence-corrected chi connectivity index (χ3v) is 1.31.